The Balaban J connectivity index is 0.00000180. The van der Waals surface area contributed by atoms with E-state index in [0.717, 1.165) is 29.9 Å². The van der Waals surface area contributed by atoms with Gasteiger partial charge in [-0.15, -0.1) is 24.8 Å². The van der Waals surface area contributed by atoms with Crippen molar-refractivity contribution in [1.82, 2.24) is 9.97 Å². The average Bonchev–Trinajstić information content (AvgIpc) is 2.93. The summed E-state index contributed by atoms with van der Waals surface area (Å²) >= 11 is 0. The first-order valence-electron chi connectivity index (χ1n) is 6.24. The van der Waals surface area contributed by atoms with Crippen LogP contribution in [0.25, 0.3) is 11.3 Å². The number of aromatic amines is 1. The van der Waals surface area contributed by atoms with Gasteiger partial charge in [-0.2, -0.15) is 0 Å². The number of aromatic nitrogens is 2. The molecular weight excluding hydrogens is 295 g/mol. The lowest BCUT2D eigenvalue weighted by Crippen LogP contribution is -1.95. The fourth-order valence-corrected chi connectivity index (χ4v) is 1.59. The first-order chi connectivity index (χ1) is 8.90. The Hall–Kier alpha value is -1.52. The summed E-state index contributed by atoms with van der Waals surface area (Å²) in [7, 11) is 0. The predicted octanol–water partition coefficient (Wildman–Crippen LogP) is 4.16. The van der Waals surface area contributed by atoms with Gasteiger partial charge < -0.3 is 10.3 Å². The standard InChI is InChI=1S/C14H18N4.2ClH/c1-2-3-8-15-10-17-13-6-4-12(5-7-13)14-9-16-11-18-14;;/h4-7,9-11H,2-3,8H2,1H3,(H,15,17)(H,16,18);2*1H. The van der Waals surface area contributed by atoms with E-state index in [0.29, 0.717) is 0 Å². The fraction of sp³-hybridized carbons (Fsp3) is 0.286. The fourth-order valence-electron chi connectivity index (χ4n) is 1.59. The summed E-state index contributed by atoms with van der Waals surface area (Å²) in [5, 5.41) is 3.16. The number of benzene rings is 1. The van der Waals surface area contributed by atoms with Crippen LogP contribution in [0.15, 0.2) is 41.8 Å². The van der Waals surface area contributed by atoms with Crippen molar-refractivity contribution in [2.45, 2.75) is 19.8 Å². The number of H-pyrrole nitrogens is 1. The third-order valence-corrected chi connectivity index (χ3v) is 2.66. The molecule has 4 nitrogen and oxygen atoms in total. The van der Waals surface area contributed by atoms with Gasteiger partial charge in [-0.3, -0.25) is 4.99 Å². The van der Waals surface area contributed by atoms with Crippen molar-refractivity contribution >= 4 is 36.8 Å². The largest absolute Gasteiger partial charge is 0.347 e. The van der Waals surface area contributed by atoms with Gasteiger partial charge in [0.1, 0.15) is 0 Å². The van der Waals surface area contributed by atoms with Crippen molar-refractivity contribution in [1.29, 1.82) is 0 Å². The maximum atomic E-state index is 4.28. The van der Waals surface area contributed by atoms with E-state index in [9.17, 15) is 0 Å². The number of anilines is 1. The monoisotopic (exact) mass is 314 g/mol. The van der Waals surface area contributed by atoms with Crippen molar-refractivity contribution in [2.75, 3.05) is 11.9 Å². The van der Waals surface area contributed by atoms with Gasteiger partial charge in [-0.05, 0) is 24.1 Å². The number of rotatable bonds is 6. The predicted molar refractivity (Wildman–Crippen MR) is 90.4 cm³/mol. The van der Waals surface area contributed by atoms with E-state index in [1.165, 1.54) is 6.42 Å². The summed E-state index contributed by atoms with van der Waals surface area (Å²) in [5.74, 6) is 0. The Bertz CT molecular complexity index is 480. The molecule has 110 valence electrons. The minimum Gasteiger partial charge on any atom is -0.347 e. The molecule has 1 aromatic carbocycles. The molecule has 0 atom stereocenters. The molecule has 0 aliphatic heterocycles. The van der Waals surface area contributed by atoms with E-state index in [2.05, 4.69) is 39.3 Å². The molecule has 6 heteroatoms. The molecule has 0 radical (unpaired) electrons. The van der Waals surface area contributed by atoms with Gasteiger partial charge in [0.2, 0.25) is 0 Å². The van der Waals surface area contributed by atoms with Crippen LogP contribution in [0.1, 0.15) is 19.8 Å². The van der Waals surface area contributed by atoms with E-state index in [1.807, 2.05) is 18.3 Å². The number of halogens is 2. The molecule has 20 heavy (non-hydrogen) atoms. The van der Waals surface area contributed by atoms with Crippen molar-refractivity contribution in [3.05, 3.63) is 36.8 Å². The first kappa shape index (κ1) is 18.5. The molecule has 0 unspecified atom stereocenters. The van der Waals surface area contributed by atoms with Gasteiger partial charge in [0, 0.05) is 12.2 Å². The number of hydrogen-bond donors (Lipinski definition) is 2. The molecule has 0 bridgehead atoms. The summed E-state index contributed by atoms with van der Waals surface area (Å²) in [6.45, 7) is 3.05. The molecule has 0 spiro atoms. The van der Waals surface area contributed by atoms with Crippen molar-refractivity contribution < 1.29 is 0 Å². The Morgan fingerprint density at radius 3 is 2.60 bits per heavy atom. The highest BCUT2D eigenvalue weighted by molar-refractivity contribution is 5.85. The maximum Gasteiger partial charge on any atom is 0.0924 e. The second kappa shape index (κ2) is 10.3. The van der Waals surface area contributed by atoms with Crippen molar-refractivity contribution in [3.8, 4) is 11.3 Å². The summed E-state index contributed by atoms with van der Waals surface area (Å²) in [6, 6.07) is 8.16. The molecule has 0 aliphatic rings. The lowest BCUT2D eigenvalue weighted by molar-refractivity contribution is 0.810. The van der Waals surface area contributed by atoms with Crippen LogP contribution in [0.5, 0.6) is 0 Å². The third kappa shape index (κ3) is 5.63. The molecule has 2 aromatic rings. The lowest BCUT2D eigenvalue weighted by Gasteiger charge is -2.02. The van der Waals surface area contributed by atoms with Crippen LogP contribution < -0.4 is 5.32 Å². The molecule has 2 rings (SSSR count). The molecule has 1 aromatic heterocycles. The first-order valence-corrected chi connectivity index (χ1v) is 6.24. The van der Waals surface area contributed by atoms with Crippen LogP contribution in [0.2, 0.25) is 0 Å². The number of hydrogen-bond acceptors (Lipinski definition) is 2. The van der Waals surface area contributed by atoms with Crippen molar-refractivity contribution in [2.24, 2.45) is 4.99 Å². The smallest absolute Gasteiger partial charge is 0.0924 e. The zero-order chi connectivity index (χ0) is 12.6. The zero-order valence-corrected chi connectivity index (χ0v) is 13.0. The Morgan fingerprint density at radius 1 is 1.25 bits per heavy atom. The highest BCUT2D eigenvalue weighted by Crippen LogP contribution is 2.18. The molecule has 0 fully saturated rings. The molecule has 0 saturated carbocycles. The van der Waals surface area contributed by atoms with Gasteiger partial charge in [0.25, 0.3) is 0 Å². The van der Waals surface area contributed by atoms with Gasteiger partial charge in [-0.1, -0.05) is 25.5 Å². The number of unbranched alkanes of at least 4 members (excludes halogenated alkanes) is 1. The summed E-state index contributed by atoms with van der Waals surface area (Å²) in [4.78, 5) is 11.4. The van der Waals surface area contributed by atoms with Gasteiger partial charge in [0.05, 0.1) is 24.6 Å². The number of nitrogens with one attached hydrogen (secondary N) is 2. The molecule has 0 saturated heterocycles. The number of nitrogens with zero attached hydrogens (tertiary/aromatic N) is 2. The van der Waals surface area contributed by atoms with E-state index in [-0.39, 0.29) is 24.8 Å². The summed E-state index contributed by atoms with van der Waals surface area (Å²) < 4.78 is 0. The third-order valence-electron chi connectivity index (χ3n) is 2.66. The van der Waals surface area contributed by atoms with Gasteiger partial charge in [-0.25, -0.2) is 4.98 Å². The highest BCUT2D eigenvalue weighted by Gasteiger charge is 1.97. The van der Waals surface area contributed by atoms with E-state index < -0.39 is 0 Å². The van der Waals surface area contributed by atoms with Crippen LogP contribution in [0.4, 0.5) is 5.69 Å². The summed E-state index contributed by atoms with van der Waals surface area (Å²) in [5.41, 5.74) is 3.19. The Kier molecular flexibility index (Phi) is 9.51. The maximum absolute atomic E-state index is 4.28. The molecule has 0 aliphatic carbocycles. The SMILES string of the molecule is CCCCN=CNc1ccc(-c2cnc[nH]2)cc1.Cl.Cl. The zero-order valence-electron chi connectivity index (χ0n) is 11.4. The average molecular weight is 315 g/mol. The van der Waals surface area contributed by atoms with Gasteiger partial charge in [0.15, 0.2) is 0 Å². The topological polar surface area (TPSA) is 53.1 Å². The number of imidazole rings is 1. The summed E-state index contributed by atoms with van der Waals surface area (Å²) in [6.07, 6.45) is 7.57. The second-order valence-electron chi connectivity index (χ2n) is 4.08. The van der Waals surface area contributed by atoms with Crippen LogP contribution in [-0.4, -0.2) is 22.9 Å². The highest BCUT2D eigenvalue weighted by atomic mass is 35.5. The van der Waals surface area contributed by atoms with Crippen LogP contribution >= 0.6 is 24.8 Å². The quantitative estimate of drug-likeness (QED) is 0.478. The van der Waals surface area contributed by atoms with Crippen LogP contribution in [-0.2, 0) is 0 Å². The van der Waals surface area contributed by atoms with Crippen LogP contribution in [0, 0.1) is 0 Å². The van der Waals surface area contributed by atoms with E-state index in [4.69, 9.17) is 0 Å². The molecular formula is C14H20Cl2N4. The number of aliphatic imine (C=N–C) groups is 1. The normalized spacial score (nSPS) is 9.85. The van der Waals surface area contributed by atoms with E-state index >= 15 is 0 Å². The van der Waals surface area contributed by atoms with Crippen molar-refractivity contribution in [3.63, 3.8) is 0 Å². The lowest BCUT2D eigenvalue weighted by atomic mass is 10.1. The van der Waals surface area contributed by atoms with Crippen LogP contribution in [0.3, 0.4) is 0 Å². The minimum atomic E-state index is 0. The van der Waals surface area contributed by atoms with E-state index in [1.54, 1.807) is 12.7 Å². The Labute approximate surface area is 131 Å². The Morgan fingerprint density at radius 2 is 2.00 bits per heavy atom. The molecule has 2 N–H and O–H groups in total. The minimum absolute atomic E-state index is 0. The molecule has 1 heterocycles. The second-order valence-corrected chi connectivity index (χ2v) is 4.08. The van der Waals surface area contributed by atoms with Gasteiger partial charge >= 0.3 is 0 Å². The molecule has 0 amide bonds.